The number of aromatic nitrogens is 2. The van der Waals surface area contributed by atoms with E-state index in [1.54, 1.807) is 12.4 Å². The van der Waals surface area contributed by atoms with E-state index in [1.807, 2.05) is 36.4 Å². The summed E-state index contributed by atoms with van der Waals surface area (Å²) in [5.74, 6) is 1.38. The molecule has 0 aliphatic carbocycles. The first kappa shape index (κ1) is 20.7. The van der Waals surface area contributed by atoms with Crippen LogP contribution in [0.1, 0.15) is 23.1 Å². The smallest absolute Gasteiger partial charge is 0.143 e. The zero-order valence-electron chi connectivity index (χ0n) is 16.6. The van der Waals surface area contributed by atoms with E-state index in [9.17, 15) is 10.5 Å². The number of nitrogens with zero attached hydrogens (tertiary/aromatic N) is 4. The normalized spacial score (nSPS) is 14.8. The van der Waals surface area contributed by atoms with E-state index < -0.39 is 0 Å². The maximum Gasteiger partial charge on any atom is 0.143 e. The number of nitrogen functional groups attached to an aromatic ring is 1. The third-order valence-electron chi connectivity index (χ3n) is 4.89. The highest BCUT2D eigenvalue weighted by Gasteiger charge is 2.21. The Labute approximate surface area is 184 Å². The fraction of sp³-hybridized carbons (Fsp3) is 0.217. The molecule has 3 aromatic rings. The predicted octanol–water partition coefficient (Wildman–Crippen LogP) is 3.93. The van der Waals surface area contributed by atoms with E-state index >= 15 is 0 Å². The Hall–Kier alpha value is -3.59. The van der Waals surface area contributed by atoms with E-state index in [0.717, 1.165) is 18.6 Å². The van der Waals surface area contributed by atoms with Gasteiger partial charge in [0, 0.05) is 36.7 Å². The SMILES string of the molecule is N#Cc1c(N)nc(SCc2cccnc2)c(C#N)c1-c1ccc(OC[C@H]2CCO2)cc1. The molecule has 0 spiro atoms. The number of anilines is 1. The van der Waals surface area contributed by atoms with Gasteiger partial charge in [-0.25, -0.2) is 4.98 Å². The third-order valence-corrected chi connectivity index (χ3v) is 5.93. The second kappa shape index (κ2) is 9.48. The van der Waals surface area contributed by atoms with Crippen LogP contribution >= 0.6 is 11.8 Å². The molecule has 7 nitrogen and oxygen atoms in total. The first-order valence-electron chi connectivity index (χ1n) is 9.69. The number of pyridine rings is 2. The van der Waals surface area contributed by atoms with E-state index in [2.05, 4.69) is 22.1 Å². The molecule has 1 aliphatic rings. The van der Waals surface area contributed by atoms with Gasteiger partial charge in [0.2, 0.25) is 0 Å². The van der Waals surface area contributed by atoms with Gasteiger partial charge >= 0.3 is 0 Å². The molecule has 0 bridgehead atoms. The number of rotatable bonds is 7. The van der Waals surface area contributed by atoms with E-state index in [1.165, 1.54) is 11.8 Å². The summed E-state index contributed by atoms with van der Waals surface area (Å²) in [5.41, 5.74) is 8.80. The highest BCUT2D eigenvalue weighted by molar-refractivity contribution is 7.98. The number of thioether (sulfide) groups is 1. The van der Waals surface area contributed by atoms with Crippen LogP contribution in [0, 0.1) is 22.7 Å². The third kappa shape index (κ3) is 4.61. The number of benzene rings is 1. The van der Waals surface area contributed by atoms with Crippen LogP contribution in [-0.4, -0.2) is 29.3 Å². The summed E-state index contributed by atoms with van der Waals surface area (Å²) in [6.07, 6.45) is 4.62. The van der Waals surface area contributed by atoms with Crippen LogP contribution in [0.5, 0.6) is 5.75 Å². The van der Waals surface area contributed by atoms with Gasteiger partial charge in [-0.1, -0.05) is 18.2 Å². The summed E-state index contributed by atoms with van der Waals surface area (Å²) in [5, 5.41) is 20.1. The lowest BCUT2D eigenvalue weighted by Crippen LogP contribution is -2.32. The summed E-state index contributed by atoms with van der Waals surface area (Å²) in [6, 6.07) is 15.4. The van der Waals surface area contributed by atoms with Crippen molar-refractivity contribution in [3.8, 4) is 29.0 Å². The second-order valence-electron chi connectivity index (χ2n) is 6.92. The van der Waals surface area contributed by atoms with Crippen LogP contribution in [-0.2, 0) is 10.5 Å². The van der Waals surface area contributed by atoms with Crippen molar-refractivity contribution in [3.63, 3.8) is 0 Å². The Morgan fingerprint density at radius 1 is 1.16 bits per heavy atom. The summed E-state index contributed by atoms with van der Waals surface area (Å²) < 4.78 is 11.1. The predicted molar refractivity (Wildman–Crippen MR) is 117 cm³/mol. The summed E-state index contributed by atoms with van der Waals surface area (Å²) in [7, 11) is 0. The van der Waals surface area contributed by atoms with E-state index in [-0.39, 0.29) is 17.5 Å². The van der Waals surface area contributed by atoms with Gasteiger partial charge in [0.1, 0.15) is 40.9 Å². The van der Waals surface area contributed by atoms with Crippen molar-refractivity contribution < 1.29 is 9.47 Å². The van der Waals surface area contributed by atoms with Gasteiger partial charge in [0.25, 0.3) is 0 Å². The standard InChI is InChI=1S/C23H19N5O2S/c24-10-19-21(16-3-5-17(6-4-16)30-13-18-7-9-29-18)20(11-25)23(28-22(19)26)31-14-15-2-1-8-27-12-15/h1-6,8,12,18H,7,9,13-14H2,(H2,26,28)/t18-/m1/s1. The molecular formula is C23H19N5O2S. The lowest BCUT2D eigenvalue weighted by Gasteiger charge is -2.26. The lowest BCUT2D eigenvalue weighted by atomic mass is 9.97. The molecule has 1 fully saturated rings. The minimum atomic E-state index is 0.104. The van der Waals surface area contributed by atoms with Gasteiger partial charge in [0.05, 0.1) is 11.7 Å². The van der Waals surface area contributed by atoms with Crippen LogP contribution in [0.2, 0.25) is 0 Å². The van der Waals surface area contributed by atoms with Crippen LogP contribution in [0.4, 0.5) is 5.82 Å². The largest absolute Gasteiger partial charge is 0.491 e. The highest BCUT2D eigenvalue weighted by atomic mass is 32.2. The van der Waals surface area contributed by atoms with Crippen LogP contribution < -0.4 is 10.5 Å². The summed E-state index contributed by atoms with van der Waals surface area (Å²) in [6.45, 7) is 1.29. The molecular weight excluding hydrogens is 410 g/mol. The molecule has 154 valence electrons. The fourth-order valence-electron chi connectivity index (χ4n) is 3.15. The molecule has 1 saturated heterocycles. The molecule has 1 atom stereocenters. The van der Waals surface area contributed by atoms with E-state index in [0.29, 0.717) is 39.8 Å². The number of ether oxygens (including phenoxy) is 2. The van der Waals surface area contributed by atoms with Crippen molar-refractivity contribution in [2.24, 2.45) is 0 Å². The lowest BCUT2D eigenvalue weighted by molar-refractivity contribution is -0.0720. The molecule has 0 unspecified atom stereocenters. The zero-order chi connectivity index (χ0) is 21.6. The topological polar surface area (TPSA) is 118 Å². The minimum absolute atomic E-state index is 0.104. The molecule has 3 heterocycles. The van der Waals surface area contributed by atoms with Crippen molar-refractivity contribution in [1.82, 2.24) is 9.97 Å². The molecule has 0 saturated carbocycles. The van der Waals surface area contributed by atoms with Gasteiger partial charge in [0.15, 0.2) is 0 Å². The molecule has 8 heteroatoms. The first-order valence-corrected chi connectivity index (χ1v) is 10.7. The monoisotopic (exact) mass is 429 g/mol. The van der Waals surface area contributed by atoms with Crippen LogP contribution in [0.25, 0.3) is 11.1 Å². The maximum atomic E-state index is 9.90. The quantitative estimate of drug-likeness (QED) is 0.561. The number of hydrogen-bond donors (Lipinski definition) is 1. The summed E-state index contributed by atoms with van der Waals surface area (Å²) >= 11 is 1.39. The molecule has 2 N–H and O–H groups in total. The molecule has 1 aromatic carbocycles. The molecule has 0 amide bonds. The molecule has 2 aromatic heterocycles. The van der Waals surface area contributed by atoms with Crippen LogP contribution in [0.3, 0.4) is 0 Å². The fourth-order valence-corrected chi connectivity index (χ4v) is 4.08. The van der Waals surface area contributed by atoms with Crippen LogP contribution in [0.15, 0.2) is 53.8 Å². The van der Waals surface area contributed by atoms with Gasteiger partial charge in [-0.05, 0) is 29.3 Å². The number of nitrogens with two attached hydrogens (primary N) is 1. The average Bonchev–Trinajstić information content (AvgIpc) is 2.77. The zero-order valence-corrected chi connectivity index (χ0v) is 17.4. The first-order chi connectivity index (χ1) is 15.2. The Morgan fingerprint density at radius 2 is 1.94 bits per heavy atom. The Kier molecular flexibility index (Phi) is 6.32. The Bertz CT molecular complexity index is 1150. The molecule has 31 heavy (non-hydrogen) atoms. The van der Waals surface area contributed by atoms with Gasteiger partial charge in [-0.3, -0.25) is 4.98 Å². The Balaban J connectivity index is 1.64. The van der Waals surface area contributed by atoms with Crippen molar-refractivity contribution in [2.45, 2.75) is 23.3 Å². The van der Waals surface area contributed by atoms with Crippen molar-refractivity contribution in [1.29, 1.82) is 10.5 Å². The number of nitriles is 2. The number of hydrogen-bond acceptors (Lipinski definition) is 8. The second-order valence-corrected chi connectivity index (χ2v) is 7.88. The van der Waals surface area contributed by atoms with E-state index in [4.69, 9.17) is 15.2 Å². The molecule has 1 aliphatic heterocycles. The van der Waals surface area contributed by atoms with Crippen molar-refractivity contribution in [2.75, 3.05) is 18.9 Å². The van der Waals surface area contributed by atoms with Crippen molar-refractivity contribution >= 4 is 17.6 Å². The maximum absolute atomic E-state index is 9.90. The van der Waals surface area contributed by atoms with Crippen molar-refractivity contribution in [3.05, 3.63) is 65.5 Å². The molecule has 4 rings (SSSR count). The molecule has 0 radical (unpaired) electrons. The Morgan fingerprint density at radius 3 is 2.55 bits per heavy atom. The van der Waals surface area contributed by atoms with Gasteiger partial charge in [-0.15, -0.1) is 11.8 Å². The van der Waals surface area contributed by atoms with Gasteiger partial charge < -0.3 is 15.2 Å². The average molecular weight is 430 g/mol. The highest BCUT2D eigenvalue weighted by Crippen LogP contribution is 2.37. The summed E-state index contributed by atoms with van der Waals surface area (Å²) in [4.78, 5) is 8.44. The minimum Gasteiger partial charge on any atom is -0.491 e. The van der Waals surface area contributed by atoms with Gasteiger partial charge in [-0.2, -0.15) is 10.5 Å².